The van der Waals surface area contributed by atoms with Gasteiger partial charge in [0.05, 0.1) is 22.8 Å². The monoisotopic (exact) mass is 1010 g/mol. The topological polar surface area (TPSA) is 32.3 Å². The summed E-state index contributed by atoms with van der Waals surface area (Å²) in [6.07, 6.45) is 3.76. The van der Waals surface area contributed by atoms with E-state index in [2.05, 4.69) is 228 Å². The van der Waals surface area contributed by atoms with Crippen molar-refractivity contribution in [3.8, 4) is 22.5 Å². The summed E-state index contributed by atoms with van der Waals surface area (Å²) >= 11 is 7.67. The average molecular weight is 1010 g/mol. The number of anilines is 6. The number of pyridine rings is 2. The Hall–Kier alpha value is -7.59. The first-order valence-corrected chi connectivity index (χ1v) is 28.1. The summed E-state index contributed by atoms with van der Waals surface area (Å²) in [5.74, 6) is 0. The van der Waals surface area contributed by atoms with E-state index in [9.17, 15) is 0 Å². The van der Waals surface area contributed by atoms with E-state index in [-0.39, 0.29) is 13.4 Å². The summed E-state index contributed by atoms with van der Waals surface area (Å²) in [4.78, 5) is 25.0. The molecule has 10 heteroatoms. The molecule has 2 aromatic heterocycles. The molecular formula is C64H40B2N4S4. The fraction of sp³-hybridized carbons (Fsp3) is 0. The number of rotatable bonds is 8. The van der Waals surface area contributed by atoms with Gasteiger partial charge in [0.25, 0.3) is 0 Å². The summed E-state index contributed by atoms with van der Waals surface area (Å²) in [6.45, 7) is 0.165. The van der Waals surface area contributed by atoms with Crippen LogP contribution in [0.4, 0.5) is 34.1 Å². The first-order chi connectivity index (χ1) is 36.7. The first-order valence-electron chi connectivity index (χ1n) is 24.8. The number of nitrogens with zero attached hydrogens (tertiary/aromatic N) is 4. The van der Waals surface area contributed by atoms with Crippen molar-refractivity contribution in [2.24, 2.45) is 0 Å². The highest BCUT2D eigenvalue weighted by atomic mass is 32.2. The van der Waals surface area contributed by atoms with Crippen LogP contribution >= 0.6 is 47.0 Å². The second-order valence-corrected chi connectivity index (χ2v) is 23.1. The second kappa shape index (κ2) is 18.1. The van der Waals surface area contributed by atoms with Gasteiger partial charge in [-0.25, -0.2) is 0 Å². The molecule has 0 fully saturated rings. The van der Waals surface area contributed by atoms with Crippen molar-refractivity contribution in [2.75, 3.05) is 9.80 Å². The summed E-state index contributed by atoms with van der Waals surface area (Å²) < 4.78 is 0. The van der Waals surface area contributed by atoms with Crippen LogP contribution in [0.1, 0.15) is 0 Å². The minimum absolute atomic E-state index is 0.0825. The number of hydrogen-bond acceptors (Lipinski definition) is 8. The van der Waals surface area contributed by atoms with E-state index in [1.165, 1.54) is 71.9 Å². The van der Waals surface area contributed by atoms with Crippen LogP contribution in [0.5, 0.6) is 0 Å². The largest absolute Gasteiger partial charge is 0.310 e. The maximum atomic E-state index is 4.85. The number of fused-ring (bicyclic) bond motifs is 8. The molecule has 0 saturated heterocycles. The van der Waals surface area contributed by atoms with Crippen molar-refractivity contribution < 1.29 is 0 Å². The lowest BCUT2D eigenvalue weighted by atomic mass is 9.33. The van der Waals surface area contributed by atoms with Gasteiger partial charge in [0, 0.05) is 85.4 Å². The van der Waals surface area contributed by atoms with E-state index in [1.807, 2.05) is 71.6 Å². The molecule has 15 rings (SSSR count). The lowest BCUT2D eigenvalue weighted by Crippen LogP contribution is -2.62. The summed E-state index contributed by atoms with van der Waals surface area (Å²) in [5, 5.41) is 0. The van der Waals surface area contributed by atoms with Crippen LogP contribution in [0.25, 0.3) is 22.5 Å². The predicted molar refractivity (Wildman–Crippen MR) is 314 cm³/mol. The van der Waals surface area contributed by atoms with Crippen molar-refractivity contribution in [1.29, 1.82) is 0 Å². The molecular weight excluding hydrogens is 975 g/mol. The molecule has 0 saturated carbocycles. The fourth-order valence-electron chi connectivity index (χ4n) is 11.4. The molecule has 11 aromatic rings. The van der Waals surface area contributed by atoms with Gasteiger partial charge in [-0.1, -0.05) is 196 Å². The molecule has 346 valence electrons. The minimum Gasteiger partial charge on any atom is -0.310 e. The first kappa shape index (κ1) is 43.9. The third kappa shape index (κ3) is 7.30. The van der Waals surface area contributed by atoms with Crippen LogP contribution < -0.4 is 42.6 Å². The Morgan fingerprint density at radius 2 is 0.662 bits per heavy atom. The van der Waals surface area contributed by atoms with Crippen molar-refractivity contribution in [2.45, 2.75) is 39.2 Å². The number of aromatic nitrogens is 2. The number of para-hydroxylation sites is 4. The molecule has 0 bridgehead atoms. The molecule has 4 aliphatic heterocycles. The van der Waals surface area contributed by atoms with Crippen LogP contribution in [0.3, 0.4) is 0 Å². The molecule has 0 unspecified atom stereocenters. The summed E-state index contributed by atoms with van der Waals surface area (Å²) in [7, 11) is 0. The Balaban J connectivity index is 0.908. The van der Waals surface area contributed by atoms with Crippen molar-refractivity contribution >= 4 is 127 Å². The second-order valence-electron chi connectivity index (χ2n) is 18.8. The van der Waals surface area contributed by atoms with Gasteiger partial charge < -0.3 is 9.80 Å². The molecule has 9 aromatic carbocycles. The number of benzene rings is 9. The smallest absolute Gasteiger partial charge is 0.247 e. The Bertz CT molecular complexity index is 3760. The Morgan fingerprint density at radius 1 is 0.284 bits per heavy atom. The van der Waals surface area contributed by atoms with E-state index in [0.717, 1.165) is 56.6 Å². The molecule has 74 heavy (non-hydrogen) atoms. The van der Waals surface area contributed by atoms with E-state index in [1.54, 1.807) is 0 Å². The lowest BCUT2D eigenvalue weighted by Gasteiger charge is -2.38. The zero-order valence-electron chi connectivity index (χ0n) is 39.7. The average Bonchev–Trinajstić information content (AvgIpc) is 3.49. The van der Waals surface area contributed by atoms with Gasteiger partial charge in [-0.05, 0) is 114 Å². The summed E-state index contributed by atoms with van der Waals surface area (Å²) in [6, 6.07) is 84.4. The fourth-order valence-corrected chi connectivity index (χ4v) is 16.5. The maximum Gasteiger partial charge on any atom is 0.247 e. The standard InChI is InChI=1S/C64H40B2N4S4/c1-3-19-41(20-4-1)69(53-29-11-7-23-45(53)51-27-15-17-33-67-51)43-35-59-63-61(37-43)73-57-40-58-50(39-49(57)65(63)47-25-9-13-31-55(47)71-59)66-48-26-10-14-32-56(48)72-60-36-44(38-62(74-58)64(60)66)70(42-21-5-2-6-22-42)54-30-12-8-24-46(54)52-28-16-18-34-68-52/h1-40H. The Labute approximate surface area is 448 Å². The molecule has 0 radical (unpaired) electrons. The lowest BCUT2D eigenvalue weighted by molar-refractivity contribution is 1.22. The zero-order chi connectivity index (χ0) is 48.7. The van der Waals surface area contributed by atoms with E-state index in [4.69, 9.17) is 9.97 Å². The van der Waals surface area contributed by atoms with E-state index >= 15 is 0 Å². The summed E-state index contributed by atoms with van der Waals surface area (Å²) in [5.41, 5.74) is 19.0. The van der Waals surface area contributed by atoms with Gasteiger partial charge in [-0.15, -0.1) is 0 Å². The highest BCUT2D eigenvalue weighted by Crippen LogP contribution is 2.49. The maximum absolute atomic E-state index is 4.85. The highest BCUT2D eigenvalue weighted by Gasteiger charge is 2.43. The Morgan fingerprint density at radius 3 is 1.09 bits per heavy atom. The molecule has 0 aliphatic carbocycles. The Kier molecular flexibility index (Phi) is 10.8. The van der Waals surface area contributed by atoms with Crippen LogP contribution in [0, 0.1) is 0 Å². The third-order valence-electron chi connectivity index (χ3n) is 14.6. The minimum atomic E-state index is 0.0825. The number of hydrogen-bond donors (Lipinski definition) is 0. The van der Waals surface area contributed by atoms with E-state index in [0.29, 0.717) is 0 Å². The van der Waals surface area contributed by atoms with Gasteiger partial charge >= 0.3 is 0 Å². The van der Waals surface area contributed by atoms with Crippen LogP contribution in [0.15, 0.2) is 282 Å². The van der Waals surface area contributed by atoms with Crippen molar-refractivity contribution in [3.05, 3.63) is 243 Å². The van der Waals surface area contributed by atoms with Gasteiger partial charge in [-0.3, -0.25) is 9.97 Å². The predicted octanol–water partition coefficient (Wildman–Crippen LogP) is 13.6. The molecule has 0 N–H and O–H groups in total. The van der Waals surface area contributed by atoms with E-state index < -0.39 is 0 Å². The van der Waals surface area contributed by atoms with Gasteiger partial charge in [-0.2, -0.15) is 0 Å². The van der Waals surface area contributed by atoms with Gasteiger partial charge in [0.1, 0.15) is 0 Å². The third-order valence-corrected chi connectivity index (χ3v) is 19.1. The highest BCUT2D eigenvalue weighted by molar-refractivity contribution is 8.02. The van der Waals surface area contributed by atoms with Crippen LogP contribution in [-0.4, -0.2) is 23.4 Å². The van der Waals surface area contributed by atoms with Crippen molar-refractivity contribution in [3.63, 3.8) is 0 Å². The van der Waals surface area contributed by atoms with Gasteiger partial charge in [0.15, 0.2) is 0 Å². The normalized spacial score (nSPS) is 13.1. The molecule has 0 amide bonds. The molecule has 6 heterocycles. The van der Waals surface area contributed by atoms with Gasteiger partial charge in [0.2, 0.25) is 13.4 Å². The van der Waals surface area contributed by atoms with Crippen LogP contribution in [0.2, 0.25) is 0 Å². The molecule has 0 spiro atoms. The van der Waals surface area contributed by atoms with Crippen LogP contribution in [-0.2, 0) is 0 Å². The molecule has 4 nitrogen and oxygen atoms in total. The quantitative estimate of drug-likeness (QED) is 0.139. The molecule has 4 aliphatic rings. The SMILES string of the molecule is c1ccc(N(c2cc3c4c(c2)Sc2cc5c(cc2B4c2ccccc2S3)B2c3ccccc3Sc3cc(N(c4ccccc4)c4ccccc4-c4ccccn4)cc(c32)S5)c2ccccc2-c2ccccn2)cc1. The van der Waals surface area contributed by atoms with Crippen molar-refractivity contribution in [1.82, 2.24) is 9.97 Å². The molecule has 0 atom stereocenters. The zero-order valence-corrected chi connectivity index (χ0v) is 42.9.